The summed E-state index contributed by atoms with van der Waals surface area (Å²) in [4.78, 5) is 22.2. The second kappa shape index (κ2) is 12.8. The average Bonchev–Trinajstić information content (AvgIpc) is 2.84. The van der Waals surface area contributed by atoms with Gasteiger partial charge in [0.05, 0.1) is 24.0 Å². The fraction of sp³-hybridized carbons (Fsp3) is 0.167. The number of hydrazone groups is 1. The summed E-state index contributed by atoms with van der Waals surface area (Å²) >= 11 is 4.80. The summed E-state index contributed by atoms with van der Waals surface area (Å²) in [7, 11) is 1.56. The molecule has 0 fully saturated rings. The van der Waals surface area contributed by atoms with Crippen molar-refractivity contribution in [2.24, 2.45) is 5.10 Å². The summed E-state index contributed by atoms with van der Waals surface area (Å²) < 4.78 is 12.3. The topological polar surface area (TPSA) is 103 Å². The Morgan fingerprint density at radius 1 is 1.09 bits per heavy atom. The molecule has 176 valence electrons. The number of carbonyl (C=O) groups excluding carboxylic acids is 1. The highest BCUT2D eigenvalue weighted by Crippen LogP contribution is 2.28. The van der Waals surface area contributed by atoms with Crippen molar-refractivity contribution in [3.05, 3.63) is 98.0 Å². The van der Waals surface area contributed by atoms with E-state index in [2.05, 4.69) is 26.5 Å². The minimum atomic E-state index is -0.442. The lowest BCUT2D eigenvalue weighted by molar-refractivity contribution is -0.384. The number of nitrogens with one attached hydrogen (secondary N) is 1. The van der Waals surface area contributed by atoms with Gasteiger partial charge in [-0.15, -0.1) is 11.8 Å². The molecule has 1 amide bonds. The second-order valence-corrected chi connectivity index (χ2v) is 8.94. The van der Waals surface area contributed by atoms with Crippen molar-refractivity contribution < 1.29 is 19.2 Å². The molecule has 0 saturated carbocycles. The van der Waals surface area contributed by atoms with Crippen LogP contribution in [0.5, 0.6) is 11.5 Å². The zero-order valence-corrected chi connectivity index (χ0v) is 20.7. The number of benzene rings is 3. The van der Waals surface area contributed by atoms with Gasteiger partial charge in [-0.05, 0) is 47.0 Å². The van der Waals surface area contributed by atoms with Crippen molar-refractivity contribution in [2.45, 2.75) is 12.4 Å². The highest BCUT2D eigenvalue weighted by molar-refractivity contribution is 9.10. The molecule has 8 nitrogen and oxygen atoms in total. The normalized spacial score (nSPS) is 10.8. The van der Waals surface area contributed by atoms with Gasteiger partial charge in [0.1, 0.15) is 6.61 Å². The van der Waals surface area contributed by atoms with Crippen LogP contribution >= 0.6 is 27.7 Å². The summed E-state index contributed by atoms with van der Waals surface area (Å²) in [6.45, 7) is 0.407. The Bertz CT molecular complexity index is 1150. The third-order valence-corrected chi connectivity index (χ3v) is 6.08. The molecule has 34 heavy (non-hydrogen) atoms. The van der Waals surface area contributed by atoms with E-state index in [1.165, 1.54) is 30.1 Å². The molecule has 0 bridgehead atoms. The first-order chi connectivity index (χ1) is 16.4. The van der Waals surface area contributed by atoms with Gasteiger partial charge in [0.15, 0.2) is 11.5 Å². The van der Waals surface area contributed by atoms with Crippen molar-refractivity contribution in [1.82, 2.24) is 5.43 Å². The molecule has 0 heterocycles. The van der Waals surface area contributed by atoms with Gasteiger partial charge in [-0.1, -0.05) is 40.2 Å². The number of hydrogen-bond acceptors (Lipinski definition) is 7. The summed E-state index contributed by atoms with van der Waals surface area (Å²) in [5, 5.41) is 14.7. The zero-order valence-electron chi connectivity index (χ0n) is 18.3. The maximum absolute atomic E-state index is 12.0. The largest absolute Gasteiger partial charge is 0.493 e. The first-order valence-corrected chi connectivity index (χ1v) is 12.1. The van der Waals surface area contributed by atoms with Crippen molar-refractivity contribution in [1.29, 1.82) is 0 Å². The van der Waals surface area contributed by atoms with Gasteiger partial charge in [-0.25, -0.2) is 5.43 Å². The van der Waals surface area contributed by atoms with Gasteiger partial charge >= 0.3 is 0 Å². The summed E-state index contributed by atoms with van der Waals surface area (Å²) in [5.41, 5.74) is 5.21. The Labute approximate surface area is 209 Å². The Hall–Kier alpha value is -3.37. The highest BCUT2D eigenvalue weighted by atomic mass is 79.9. The van der Waals surface area contributed by atoms with Crippen molar-refractivity contribution >= 4 is 45.5 Å². The molecular formula is C24H22BrN3O5S. The summed E-state index contributed by atoms with van der Waals surface area (Å²) in [6, 6.07) is 19.5. The van der Waals surface area contributed by atoms with Crippen molar-refractivity contribution in [3.63, 3.8) is 0 Å². The SMILES string of the molecule is COc1cc(/C=N\NC(=O)CSCc2ccc([N+](=O)[O-])cc2)ccc1OCc1ccc(Br)cc1. The van der Waals surface area contributed by atoms with Crippen molar-refractivity contribution in [3.8, 4) is 11.5 Å². The van der Waals surface area contributed by atoms with Crippen molar-refractivity contribution in [2.75, 3.05) is 12.9 Å². The lowest BCUT2D eigenvalue weighted by Gasteiger charge is -2.11. The molecule has 0 aliphatic carbocycles. The van der Waals surface area contributed by atoms with E-state index in [1.54, 1.807) is 31.4 Å². The number of amides is 1. The van der Waals surface area contributed by atoms with E-state index in [4.69, 9.17) is 9.47 Å². The molecule has 0 spiro atoms. The van der Waals surface area contributed by atoms with Crippen LogP contribution in [0.25, 0.3) is 0 Å². The molecule has 3 aromatic carbocycles. The molecule has 0 radical (unpaired) electrons. The summed E-state index contributed by atoms with van der Waals surface area (Å²) in [6.07, 6.45) is 1.53. The van der Waals surface area contributed by atoms with E-state index in [0.29, 0.717) is 23.9 Å². The third-order valence-electron chi connectivity index (χ3n) is 4.55. The number of ether oxygens (including phenoxy) is 2. The fourth-order valence-corrected chi connectivity index (χ4v) is 3.86. The fourth-order valence-electron chi connectivity index (χ4n) is 2.81. The number of carbonyl (C=O) groups is 1. The van der Waals surface area contributed by atoms with Crippen LogP contribution in [0.15, 0.2) is 76.3 Å². The van der Waals surface area contributed by atoms with Gasteiger partial charge in [-0.3, -0.25) is 14.9 Å². The lowest BCUT2D eigenvalue weighted by atomic mass is 10.2. The van der Waals surface area contributed by atoms with Crippen LogP contribution in [0.1, 0.15) is 16.7 Å². The van der Waals surface area contributed by atoms with Crippen LogP contribution in [-0.4, -0.2) is 29.9 Å². The van der Waals surface area contributed by atoms with E-state index in [-0.39, 0.29) is 17.3 Å². The molecule has 1 N–H and O–H groups in total. The predicted octanol–water partition coefficient (Wildman–Crippen LogP) is 5.33. The number of hydrogen-bond donors (Lipinski definition) is 1. The lowest BCUT2D eigenvalue weighted by Crippen LogP contribution is -2.19. The molecule has 0 aliphatic rings. The van der Waals surface area contributed by atoms with E-state index in [1.807, 2.05) is 30.3 Å². The molecule has 0 atom stereocenters. The number of halogens is 1. The highest BCUT2D eigenvalue weighted by Gasteiger charge is 2.07. The van der Waals surface area contributed by atoms with Crippen LogP contribution in [0.4, 0.5) is 5.69 Å². The second-order valence-electron chi connectivity index (χ2n) is 7.03. The molecule has 3 aromatic rings. The molecule has 0 unspecified atom stereocenters. The number of non-ortho nitro benzene ring substituents is 1. The first kappa shape index (κ1) is 25.3. The van der Waals surface area contributed by atoms with E-state index in [0.717, 1.165) is 21.2 Å². The average molecular weight is 544 g/mol. The standard InChI is InChI=1S/C24H22BrN3O5S/c1-32-23-12-19(6-11-22(23)33-14-17-2-7-20(25)8-3-17)13-26-27-24(29)16-34-15-18-4-9-21(10-5-18)28(30)31/h2-13H,14-16H2,1H3,(H,27,29)/b26-13-. The van der Waals surface area contributed by atoms with Gasteiger partial charge in [0.25, 0.3) is 5.69 Å². The van der Waals surface area contributed by atoms with E-state index in [9.17, 15) is 14.9 Å². The summed E-state index contributed by atoms with van der Waals surface area (Å²) in [5.74, 6) is 1.69. The minimum Gasteiger partial charge on any atom is -0.493 e. The molecule has 10 heteroatoms. The Morgan fingerprint density at radius 2 is 1.79 bits per heavy atom. The number of methoxy groups -OCH3 is 1. The smallest absolute Gasteiger partial charge is 0.269 e. The van der Waals surface area contributed by atoms with Crippen LogP contribution in [0, 0.1) is 10.1 Å². The van der Waals surface area contributed by atoms with Crippen LogP contribution in [-0.2, 0) is 17.2 Å². The first-order valence-electron chi connectivity index (χ1n) is 10.1. The molecular weight excluding hydrogens is 522 g/mol. The Kier molecular flexibility index (Phi) is 9.48. The van der Waals surface area contributed by atoms with E-state index < -0.39 is 4.92 Å². The number of nitrogens with zero attached hydrogens (tertiary/aromatic N) is 2. The van der Waals surface area contributed by atoms with Gasteiger partial charge in [0.2, 0.25) is 5.91 Å². The molecule has 0 aromatic heterocycles. The number of nitro groups is 1. The maximum Gasteiger partial charge on any atom is 0.269 e. The van der Waals surface area contributed by atoms with Gasteiger partial charge in [-0.2, -0.15) is 5.10 Å². The Morgan fingerprint density at radius 3 is 2.47 bits per heavy atom. The number of rotatable bonds is 11. The zero-order chi connectivity index (χ0) is 24.3. The number of thioether (sulfide) groups is 1. The predicted molar refractivity (Wildman–Crippen MR) is 136 cm³/mol. The molecule has 0 saturated heterocycles. The van der Waals surface area contributed by atoms with Crippen LogP contribution in [0.3, 0.4) is 0 Å². The van der Waals surface area contributed by atoms with Crippen LogP contribution in [0.2, 0.25) is 0 Å². The minimum absolute atomic E-state index is 0.0432. The van der Waals surface area contributed by atoms with E-state index >= 15 is 0 Å². The quantitative estimate of drug-likeness (QED) is 0.199. The third kappa shape index (κ3) is 7.89. The molecule has 3 rings (SSSR count). The maximum atomic E-state index is 12.0. The molecule has 0 aliphatic heterocycles. The monoisotopic (exact) mass is 543 g/mol. The van der Waals surface area contributed by atoms with Gasteiger partial charge < -0.3 is 9.47 Å². The number of nitro benzene ring substituents is 1. The van der Waals surface area contributed by atoms with Gasteiger partial charge in [0, 0.05) is 22.4 Å². The van der Waals surface area contributed by atoms with Crippen LogP contribution < -0.4 is 14.9 Å². The Balaban J connectivity index is 1.45.